The van der Waals surface area contributed by atoms with Gasteiger partial charge in [0, 0.05) is 17.9 Å². The zero-order valence-corrected chi connectivity index (χ0v) is 13.1. The topological polar surface area (TPSA) is 27.1 Å². The number of rotatable bonds is 6. The molecule has 0 N–H and O–H groups in total. The molecule has 1 unspecified atom stereocenters. The van der Waals surface area contributed by atoms with E-state index in [-0.39, 0.29) is 0 Å². The predicted molar refractivity (Wildman–Crippen MR) is 83.6 cm³/mol. The van der Waals surface area contributed by atoms with Crippen LogP contribution in [-0.4, -0.2) is 28.7 Å². The lowest BCUT2D eigenvalue weighted by Crippen LogP contribution is -2.13. The highest BCUT2D eigenvalue weighted by Crippen LogP contribution is 2.28. The third-order valence-electron chi connectivity index (χ3n) is 3.28. The van der Waals surface area contributed by atoms with Gasteiger partial charge >= 0.3 is 0 Å². The molecule has 104 valence electrons. The van der Waals surface area contributed by atoms with E-state index in [1.54, 1.807) is 7.11 Å². The van der Waals surface area contributed by atoms with E-state index >= 15 is 0 Å². The number of fused-ring (bicyclic) bond motifs is 1. The molecule has 1 heterocycles. The van der Waals surface area contributed by atoms with Gasteiger partial charge in [-0.15, -0.1) is 11.6 Å². The number of hydrogen-bond donors (Lipinski definition) is 0. The smallest absolute Gasteiger partial charge is 0.125 e. The van der Waals surface area contributed by atoms with E-state index in [1.165, 1.54) is 0 Å². The summed E-state index contributed by atoms with van der Waals surface area (Å²) < 4.78 is 7.53. The van der Waals surface area contributed by atoms with Crippen LogP contribution in [0.1, 0.15) is 25.2 Å². The molecule has 2 rings (SSSR count). The van der Waals surface area contributed by atoms with Crippen molar-refractivity contribution in [3.63, 3.8) is 0 Å². The summed E-state index contributed by atoms with van der Waals surface area (Å²) in [5.41, 5.74) is 2.09. The van der Waals surface area contributed by atoms with Crippen LogP contribution in [0.15, 0.2) is 18.2 Å². The number of benzene rings is 1. The summed E-state index contributed by atoms with van der Waals surface area (Å²) in [5, 5.41) is 0. The Labute approximate surface area is 123 Å². The molecule has 3 nitrogen and oxygen atoms in total. The van der Waals surface area contributed by atoms with Crippen LogP contribution in [0.3, 0.4) is 0 Å². The highest BCUT2D eigenvalue weighted by atomic mass is 35.5. The Kier molecular flexibility index (Phi) is 4.99. The lowest BCUT2D eigenvalue weighted by Gasteiger charge is -2.19. The van der Waals surface area contributed by atoms with Crippen LogP contribution < -0.4 is 4.74 Å². The van der Waals surface area contributed by atoms with Crippen molar-refractivity contribution in [3.8, 4) is 5.75 Å². The zero-order valence-electron chi connectivity index (χ0n) is 11.5. The Bertz CT molecular complexity index is 556. The molecule has 0 saturated carbocycles. The lowest BCUT2D eigenvalue weighted by atomic mass is 10.2. The number of nitrogens with zero attached hydrogens (tertiary/aromatic N) is 2. The molecule has 0 amide bonds. The molecule has 19 heavy (non-hydrogen) atoms. The number of halogens is 1. The molecule has 2 aromatic rings. The van der Waals surface area contributed by atoms with E-state index in [1.807, 2.05) is 23.9 Å². The predicted octanol–water partition coefficient (Wildman–Crippen LogP) is 4.10. The number of methoxy groups -OCH3 is 1. The number of ether oxygens (including phenoxy) is 1. The van der Waals surface area contributed by atoms with Gasteiger partial charge in [0.2, 0.25) is 0 Å². The van der Waals surface area contributed by atoms with Crippen molar-refractivity contribution in [1.29, 1.82) is 0 Å². The largest absolute Gasteiger partial charge is 0.497 e. The van der Waals surface area contributed by atoms with Gasteiger partial charge in [-0.1, -0.05) is 6.92 Å². The summed E-state index contributed by atoms with van der Waals surface area (Å²) in [6, 6.07) is 6.44. The van der Waals surface area contributed by atoms with Gasteiger partial charge < -0.3 is 9.30 Å². The van der Waals surface area contributed by atoms with Crippen LogP contribution in [0.4, 0.5) is 0 Å². The maximum Gasteiger partial charge on any atom is 0.125 e. The normalized spacial score (nSPS) is 12.8. The molecule has 1 aromatic heterocycles. The molecule has 0 radical (unpaired) electrons. The van der Waals surface area contributed by atoms with Crippen LogP contribution in [0, 0.1) is 0 Å². The number of imidazole rings is 1. The number of aromatic nitrogens is 2. The summed E-state index contributed by atoms with van der Waals surface area (Å²) in [7, 11) is 1.67. The number of alkyl halides is 1. The van der Waals surface area contributed by atoms with Crippen molar-refractivity contribution in [2.45, 2.75) is 25.3 Å². The first kappa shape index (κ1) is 14.5. The standard InChI is InChI=1S/C14H19ClN2OS/c1-4-10(9-19-3)17-13-6-5-11(18-2)7-12(13)16-14(17)8-15/h5-7,10H,4,8-9H2,1-3H3. The average molecular weight is 299 g/mol. The first-order valence-corrected chi connectivity index (χ1v) is 8.27. The van der Waals surface area contributed by atoms with Gasteiger partial charge in [0.15, 0.2) is 0 Å². The highest BCUT2D eigenvalue weighted by molar-refractivity contribution is 7.98. The fourth-order valence-electron chi connectivity index (χ4n) is 2.32. The van der Waals surface area contributed by atoms with Crippen molar-refractivity contribution < 1.29 is 4.74 Å². The summed E-state index contributed by atoms with van der Waals surface area (Å²) in [6.45, 7) is 2.20. The summed E-state index contributed by atoms with van der Waals surface area (Å²) in [6.07, 6.45) is 3.20. The SMILES string of the molecule is CCC(CSC)n1c(CCl)nc2cc(OC)ccc21. The second kappa shape index (κ2) is 6.53. The minimum atomic E-state index is 0.432. The third-order valence-corrected chi connectivity index (χ3v) is 4.24. The number of hydrogen-bond acceptors (Lipinski definition) is 3. The van der Waals surface area contributed by atoms with E-state index in [0.717, 1.165) is 34.8 Å². The van der Waals surface area contributed by atoms with Gasteiger partial charge in [-0.05, 0) is 24.8 Å². The summed E-state index contributed by atoms with van der Waals surface area (Å²) in [4.78, 5) is 4.63. The van der Waals surface area contributed by atoms with E-state index < -0.39 is 0 Å². The first-order valence-electron chi connectivity index (χ1n) is 6.34. The molecular weight excluding hydrogens is 280 g/mol. The van der Waals surface area contributed by atoms with Gasteiger partial charge in [-0.2, -0.15) is 11.8 Å². The maximum absolute atomic E-state index is 6.06. The van der Waals surface area contributed by atoms with Crippen LogP contribution in [0.25, 0.3) is 11.0 Å². The molecule has 0 spiro atoms. The average Bonchev–Trinajstić information content (AvgIpc) is 2.82. The summed E-state index contributed by atoms with van der Waals surface area (Å²) >= 11 is 7.91. The Morgan fingerprint density at radius 3 is 2.84 bits per heavy atom. The molecule has 0 aliphatic rings. The van der Waals surface area contributed by atoms with Crippen molar-refractivity contribution in [2.75, 3.05) is 19.1 Å². The Balaban J connectivity index is 2.56. The monoisotopic (exact) mass is 298 g/mol. The van der Waals surface area contributed by atoms with Gasteiger partial charge in [-0.25, -0.2) is 4.98 Å². The lowest BCUT2D eigenvalue weighted by molar-refractivity contribution is 0.415. The second-order valence-corrected chi connectivity index (χ2v) is 5.58. The van der Waals surface area contributed by atoms with Gasteiger partial charge in [0.1, 0.15) is 11.6 Å². The summed E-state index contributed by atoms with van der Waals surface area (Å²) in [5.74, 6) is 3.27. The van der Waals surface area contributed by atoms with E-state index in [9.17, 15) is 0 Å². The third kappa shape index (κ3) is 2.84. The molecule has 0 aliphatic heterocycles. The van der Waals surface area contributed by atoms with Crippen LogP contribution in [0.5, 0.6) is 5.75 Å². The van der Waals surface area contributed by atoms with Crippen LogP contribution in [0.2, 0.25) is 0 Å². The molecule has 0 fully saturated rings. The van der Waals surface area contributed by atoms with Crippen LogP contribution >= 0.6 is 23.4 Å². The maximum atomic E-state index is 6.06. The quantitative estimate of drug-likeness (QED) is 0.751. The van der Waals surface area contributed by atoms with Crippen LogP contribution in [-0.2, 0) is 5.88 Å². The van der Waals surface area contributed by atoms with Gasteiger partial charge in [0.05, 0.1) is 24.0 Å². The molecule has 5 heteroatoms. The first-order chi connectivity index (χ1) is 9.24. The Morgan fingerprint density at radius 2 is 2.26 bits per heavy atom. The highest BCUT2D eigenvalue weighted by Gasteiger charge is 2.17. The molecule has 1 aromatic carbocycles. The zero-order chi connectivity index (χ0) is 13.8. The Morgan fingerprint density at radius 1 is 1.47 bits per heavy atom. The van der Waals surface area contributed by atoms with Crippen molar-refractivity contribution in [3.05, 3.63) is 24.0 Å². The van der Waals surface area contributed by atoms with E-state index in [2.05, 4.69) is 28.8 Å². The van der Waals surface area contributed by atoms with Crippen molar-refractivity contribution in [1.82, 2.24) is 9.55 Å². The number of thioether (sulfide) groups is 1. The van der Waals surface area contributed by atoms with Gasteiger partial charge in [0.25, 0.3) is 0 Å². The Hall–Kier alpha value is -0.870. The second-order valence-electron chi connectivity index (χ2n) is 4.40. The van der Waals surface area contributed by atoms with Gasteiger partial charge in [-0.3, -0.25) is 0 Å². The van der Waals surface area contributed by atoms with E-state index in [0.29, 0.717) is 11.9 Å². The van der Waals surface area contributed by atoms with Crippen molar-refractivity contribution >= 4 is 34.4 Å². The molecule has 0 saturated heterocycles. The fourth-order valence-corrected chi connectivity index (χ4v) is 3.28. The molecule has 0 aliphatic carbocycles. The molecular formula is C14H19ClN2OS. The molecule has 0 bridgehead atoms. The van der Waals surface area contributed by atoms with E-state index in [4.69, 9.17) is 16.3 Å². The van der Waals surface area contributed by atoms with Crippen molar-refractivity contribution in [2.24, 2.45) is 0 Å². The minimum absolute atomic E-state index is 0.432. The molecule has 1 atom stereocenters. The minimum Gasteiger partial charge on any atom is -0.497 e. The fraction of sp³-hybridized carbons (Fsp3) is 0.500.